The molecule has 1 fully saturated rings. The summed E-state index contributed by atoms with van der Waals surface area (Å²) in [5, 5.41) is 3.55. The smallest absolute Gasteiger partial charge is 0.0748 e. The molecular weight excluding hydrogens is 198 g/mol. The SMILES string of the molecule is CCc1cccc(C)c1NCC1CCCO1. The summed E-state index contributed by atoms with van der Waals surface area (Å²) >= 11 is 0. The van der Waals surface area contributed by atoms with Crippen LogP contribution in [0.25, 0.3) is 0 Å². The molecule has 1 aliphatic rings. The van der Waals surface area contributed by atoms with Gasteiger partial charge in [-0.2, -0.15) is 0 Å². The fourth-order valence-electron chi connectivity index (χ4n) is 2.30. The van der Waals surface area contributed by atoms with E-state index in [9.17, 15) is 0 Å². The number of hydrogen-bond donors (Lipinski definition) is 1. The fraction of sp³-hybridized carbons (Fsp3) is 0.571. The van der Waals surface area contributed by atoms with E-state index in [2.05, 4.69) is 37.4 Å². The van der Waals surface area contributed by atoms with Crippen molar-refractivity contribution in [3.63, 3.8) is 0 Å². The quantitative estimate of drug-likeness (QED) is 0.840. The van der Waals surface area contributed by atoms with Crippen LogP contribution in [0.15, 0.2) is 18.2 Å². The molecule has 0 aromatic heterocycles. The van der Waals surface area contributed by atoms with Gasteiger partial charge in [-0.05, 0) is 37.3 Å². The second-order valence-electron chi connectivity index (χ2n) is 4.48. The highest BCUT2D eigenvalue weighted by atomic mass is 16.5. The van der Waals surface area contributed by atoms with Gasteiger partial charge in [0.15, 0.2) is 0 Å². The van der Waals surface area contributed by atoms with Crippen molar-refractivity contribution in [3.05, 3.63) is 29.3 Å². The first kappa shape index (κ1) is 11.5. The molecule has 2 rings (SSSR count). The zero-order chi connectivity index (χ0) is 11.4. The monoisotopic (exact) mass is 219 g/mol. The van der Waals surface area contributed by atoms with Crippen LogP contribution < -0.4 is 5.32 Å². The van der Waals surface area contributed by atoms with Crippen LogP contribution in [0.3, 0.4) is 0 Å². The Bertz CT molecular complexity index is 343. The summed E-state index contributed by atoms with van der Waals surface area (Å²) in [6.45, 7) is 6.24. The van der Waals surface area contributed by atoms with Crippen molar-refractivity contribution in [1.82, 2.24) is 0 Å². The molecule has 1 heterocycles. The molecular formula is C14H21NO. The second kappa shape index (κ2) is 5.35. The van der Waals surface area contributed by atoms with E-state index in [-0.39, 0.29) is 0 Å². The number of hydrogen-bond acceptors (Lipinski definition) is 2. The summed E-state index contributed by atoms with van der Waals surface area (Å²) < 4.78 is 5.63. The highest BCUT2D eigenvalue weighted by Gasteiger charge is 2.15. The van der Waals surface area contributed by atoms with E-state index in [0.29, 0.717) is 6.10 Å². The van der Waals surface area contributed by atoms with Crippen molar-refractivity contribution < 1.29 is 4.74 Å². The summed E-state index contributed by atoms with van der Waals surface area (Å²) in [4.78, 5) is 0. The van der Waals surface area contributed by atoms with Gasteiger partial charge >= 0.3 is 0 Å². The van der Waals surface area contributed by atoms with Crippen LogP contribution in [0.5, 0.6) is 0 Å². The van der Waals surface area contributed by atoms with Gasteiger partial charge in [0.2, 0.25) is 0 Å². The van der Waals surface area contributed by atoms with Gasteiger partial charge in [0, 0.05) is 18.8 Å². The molecule has 0 saturated carbocycles. The molecule has 0 spiro atoms. The summed E-state index contributed by atoms with van der Waals surface area (Å²) in [5.74, 6) is 0. The van der Waals surface area contributed by atoms with Crippen LogP contribution in [0.4, 0.5) is 5.69 Å². The van der Waals surface area contributed by atoms with E-state index < -0.39 is 0 Å². The third kappa shape index (κ3) is 2.56. The normalized spacial score (nSPS) is 20.0. The maximum Gasteiger partial charge on any atom is 0.0748 e. The Hall–Kier alpha value is -1.02. The molecule has 0 radical (unpaired) electrons. The molecule has 2 nitrogen and oxygen atoms in total. The van der Waals surface area contributed by atoms with Gasteiger partial charge < -0.3 is 10.1 Å². The lowest BCUT2D eigenvalue weighted by Crippen LogP contribution is -2.19. The van der Waals surface area contributed by atoms with Gasteiger partial charge in [-0.25, -0.2) is 0 Å². The third-order valence-electron chi connectivity index (χ3n) is 3.27. The summed E-state index contributed by atoms with van der Waals surface area (Å²) in [6.07, 6.45) is 3.89. The van der Waals surface area contributed by atoms with E-state index in [0.717, 1.165) is 19.6 Å². The Kier molecular flexibility index (Phi) is 3.83. The Balaban J connectivity index is 2.01. The molecule has 1 saturated heterocycles. The highest BCUT2D eigenvalue weighted by molar-refractivity contribution is 5.57. The van der Waals surface area contributed by atoms with Crippen molar-refractivity contribution in [2.45, 2.75) is 39.2 Å². The molecule has 1 N–H and O–H groups in total. The minimum atomic E-state index is 0.407. The van der Waals surface area contributed by atoms with Crippen LogP contribution in [0, 0.1) is 6.92 Å². The van der Waals surface area contributed by atoms with Gasteiger partial charge in [0.1, 0.15) is 0 Å². The first-order valence-electron chi connectivity index (χ1n) is 6.25. The van der Waals surface area contributed by atoms with Gasteiger partial charge in [-0.15, -0.1) is 0 Å². The minimum Gasteiger partial charge on any atom is -0.382 e. The van der Waals surface area contributed by atoms with Gasteiger partial charge in [-0.1, -0.05) is 25.1 Å². The van der Waals surface area contributed by atoms with E-state index >= 15 is 0 Å². The molecule has 0 bridgehead atoms. The van der Waals surface area contributed by atoms with Crippen LogP contribution in [-0.2, 0) is 11.2 Å². The largest absolute Gasteiger partial charge is 0.382 e. The van der Waals surface area contributed by atoms with Gasteiger partial charge in [0.05, 0.1) is 6.10 Å². The zero-order valence-corrected chi connectivity index (χ0v) is 10.3. The van der Waals surface area contributed by atoms with E-state index in [1.165, 1.54) is 29.7 Å². The van der Waals surface area contributed by atoms with Gasteiger partial charge in [0.25, 0.3) is 0 Å². The molecule has 1 aliphatic heterocycles. The van der Waals surface area contributed by atoms with Crippen LogP contribution in [-0.4, -0.2) is 19.3 Å². The lowest BCUT2D eigenvalue weighted by Gasteiger charge is -2.16. The van der Waals surface area contributed by atoms with Crippen LogP contribution >= 0.6 is 0 Å². The lowest BCUT2D eigenvalue weighted by atomic mass is 10.1. The number of anilines is 1. The summed E-state index contributed by atoms with van der Waals surface area (Å²) in [5.41, 5.74) is 4.04. The van der Waals surface area contributed by atoms with Crippen molar-refractivity contribution in [1.29, 1.82) is 0 Å². The Morgan fingerprint density at radius 3 is 3.00 bits per heavy atom. The summed E-state index contributed by atoms with van der Waals surface area (Å²) in [6, 6.07) is 6.49. The molecule has 16 heavy (non-hydrogen) atoms. The Labute approximate surface area is 98.0 Å². The van der Waals surface area contributed by atoms with Crippen molar-refractivity contribution in [3.8, 4) is 0 Å². The van der Waals surface area contributed by atoms with Crippen LogP contribution in [0.2, 0.25) is 0 Å². The maximum atomic E-state index is 5.63. The number of nitrogens with one attached hydrogen (secondary N) is 1. The number of ether oxygens (including phenoxy) is 1. The van der Waals surface area contributed by atoms with Crippen molar-refractivity contribution in [2.24, 2.45) is 0 Å². The van der Waals surface area contributed by atoms with Gasteiger partial charge in [-0.3, -0.25) is 0 Å². The van der Waals surface area contributed by atoms with E-state index in [1.807, 2.05) is 0 Å². The first-order chi connectivity index (χ1) is 7.81. The molecule has 1 unspecified atom stereocenters. The predicted octanol–water partition coefficient (Wildman–Crippen LogP) is 3.15. The molecule has 88 valence electrons. The third-order valence-corrected chi connectivity index (χ3v) is 3.27. The second-order valence-corrected chi connectivity index (χ2v) is 4.48. The first-order valence-corrected chi connectivity index (χ1v) is 6.25. The van der Waals surface area contributed by atoms with Crippen molar-refractivity contribution >= 4 is 5.69 Å². The molecule has 1 atom stereocenters. The maximum absolute atomic E-state index is 5.63. The summed E-state index contributed by atoms with van der Waals surface area (Å²) in [7, 11) is 0. The number of benzene rings is 1. The van der Waals surface area contributed by atoms with E-state index in [4.69, 9.17) is 4.74 Å². The highest BCUT2D eigenvalue weighted by Crippen LogP contribution is 2.22. The number of rotatable bonds is 4. The molecule has 1 aromatic carbocycles. The average Bonchev–Trinajstić information content (AvgIpc) is 2.80. The molecule has 0 aliphatic carbocycles. The van der Waals surface area contributed by atoms with E-state index in [1.54, 1.807) is 0 Å². The zero-order valence-electron chi connectivity index (χ0n) is 10.3. The van der Waals surface area contributed by atoms with Crippen LogP contribution in [0.1, 0.15) is 30.9 Å². The number of aryl methyl sites for hydroxylation is 2. The minimum absolute atomic E-state index is 0.407. The topological polar surface area (TPSA) is 21.3 Å². The average molecular weight is 219 g/mol. The lowest BCUT2D eigenvalue weighted by molar-refractivity contribution is 0.120. The Morgan fingerprint density at radius 2 is 2.31 bits per heavy atom. The molecule has 2 heteroatoms. The predicted molar refractivity (Wildman–Crippen MR) is 68.0 cm³/mol. The fourth-order valence-corrected chi connectivity index (χ4v) is 2.30. The molecule has 0 amide bonds. The molecule has 1 aromatic rings. The standard InChI is InChI=1S/C14H21NO/c1-3-12-7-4-6-11(2)14(12)15-10-13-8-5-9-16-13/h4,6-7,13,15H,3,5,8-10H2,1-2H3. The number of para-hydroxylation sites is 1. The van der Waals surface area contributed by atoms with Crippen molar-refractivity contribution in [2.75, 3.05) is 18.5 Å². The Morgan fingerprint density at radius 1 is 1.44 bits per heavy atom.